The molecule has 0 unspecified atom stereocenters. The third-order valence-electron chi connectivity index (χ3n) is 2.74. The Morgan fingerprint density at radius 2 is 1.96 bits per heavy atom. The number of carbonyl (C=O) groups excluding carboxylic acids is 3. The standard InChI is InChI=1S/C14H13ClN4O5/c15-9-3-1-8(2-4-9)13-18-11(24-19-13)5-6-12(21)23-7-10(20)17-14(16)22/h1-4H,5-7H2,(H3,16,17,20,22). The van der Waals surface area contributed by atoms with Gasteiger partial charge in [-0.2, -0.15) is 4.98 Å². The molecule has 10 heteroatoms. The molecule has 3 amide bonds. The van der Waals surface area contributed by atoms with Gasteiger partial charge in [0.2, 0.25) is 11.7 Å². The number of imide groups is 1. The van der Waals surface area contributed by atoms with E-state index in [1.54, 1.807) is 29.6 Å². The number of nitrogens with one attached hydrogen (secondary N) is 1. The predicted octanol–water partition coefficient (Wildman–Crippen LogP) is 1.06. The molecule has 0 spiro atoms. The van der Waals surface area contributed by atoms with Crippen LogP contribution < -0.4 is 11.1 Å². The van der Waals surface area contributed by atoms with E-state index >= 15 is 0 Å². The van der Waals surface area contributed by atoms with Gasteiger partial charge >= 0.3 is 12.0 Å². The number of esters is 1. The number of urea groups is 1. The summed E-state index contributed by atoms with van der Waals surface area (Å²) in [7, 11) is 0. The SMILES string of the molecule is NC(=O)NC(=O)COC(=O)CCc1nc(-c2ccc(Cl)cc2)no1. The number of rotatable bonds is 6. The minimum absolute atomic E-state index is 0.0634. The van der Waals surface area contributed by atoms with Crippen LogP contribution in [-0.4, -0.2) is 34.7 Å². The second kappa shape index (κ2) is 8.06. The molecular weight excluding hydrogens is 340 g/mol. The number of aromatic nitrogens is 2. The molecule has 0 atom stereocenters. The summed E-state index contributed by atoms with van der Waals surface area (Å²) in [5.41, 5.74) is 5.47. The Morgan fingerprint density at radius 1 is 1.25 bits per heavy atom. The average Bonchev–Trinajstić information content (AvgIpc) is 3.00. The van der Waals surface area contributed by atoms with Gasteiger partial charge in [-0.15, -0.1) is 0 Å². The van der Waals surface area contributed by atoms with Crippen molar-refractivity contribution in [1.29, 1.82) is 0 Å². The molecule has 2 aromatic rings. The molecule has 1 heterocycles. The summed E-state index contributed by atoms with van der Waals surface area (Å²) in [5.74, 6) is -0.839. The van der Waals surface area contributed by atoms with Crippen molar-refractivity contribution in [2.75, 3.05) is 6.61 Å². The molecule has 126 valence electrons. The number of nitrogens with two attached hydrogens (primary N) is 1. The van der Waals surface area contributed by atoms with Gasteiger partial charge in [0.1, 0.15) is 0 Å². The van der Waals surface area contributed by atoms with E-state index in [-0.39, 0.29) is 18.7 Å². The largest absolute Gasteiger partial charge is 0.456 e. The summed E-state index contributed by atoms with van der Waals surface area (Å²) in [6, 6.07) is 5.85. The minimum Gasteiger partial charge on any atom is -0.456 e. The fraction of sp³-hybridized carbons (Fsp3) is 0.214. The van der Waals surface area contributed by atoms with Crippen molar-refractivity contribution in [3.8, 4) is 11.4 Å². The van der Waals surface area contributed by atoms with E-state index in [4.69, 9.17) is 21.9 Å². The zero-order chi connectivity index (χ0) is 17.5. The van der Waals surface area contributed by atoms with Crippen LogP contribution in [0.5, 0.6) is 0 Å². The van der Waals surface area contributed by atoms with Gasteiger partial charge in [-0.1, -0.05) is 16.8 Å². The summed E-state index contributed by atoms with van der Waals surface area (Å²) < 4.78 is 9.70. The zero-order valence-corrected chi connectivity index (χ0v) is 13.1. The van der Waals surface area contributed by atoms with Crippen molar-refractivity contribution >= 4 is 29.5 Å². The number of halogens is 1. The summed E-state index contributed by atoms with van der Waals surface area (Å²) in [4.78, 5) is 37.1. The van der Waals surface area contributed by atoms with Crippen LogP contribution in [0, 0.1) is 0 Å². The lowest BCUT2D eigenvalue weighted by Gasteiger charge is -2.02. The van der Waals surface area contributed by atoms with E-state index in [2.05, 4.69) is 14.9 Å². The number of ether oxygens (including phenoxy) is 1. The van der Waals surface area contributed by atoms with Gasteiger partial charge in [-0.05, 0) is 24.3 Å². The highest BCUT2D eigenvalue weighted by atomic mass is 35.5. The van der Waals surface area contributed by atoms with Gasteiger partial charge in [-0.25, -0.2) is 4.79 Å². The normalized spacial score (nSPS) is 10.2. The Kier molecular flexibility index (Phi) is 5.85. The van der Waals surface area contributed by atoms with Crippen LogP contribution in [0.4, 0.5) is 4.79 Å². The van der Waals surface area contributed by atoms with E-state index in [1.165, 1.54) is 0 Å². The maximum Gasteiger partial charge on any atom is 0.318 e. The van der Waals surface area contributed by atoms with Crippen molar-refractivity contribution in [2.24, 2.45) is 5.73 Å². The minimum atomic E-state index is -1.02. The number of carbonyl (C=O) groups is 3. The van der Waals surface area contributed by atoms with E-state index < -0.39 is 24.5 Å². The number of hydrogen-bond acceptors (Lipinski definition) is 7. The number of nitrogens with zero attached hydrogens (tertiary/aromatic N) is 2. The molecule has 24 heavy (non-hydrogen) atoms. The Morgan fingerprint density at radius 3 is 2.62 bits per heavy atom. The van der Waals surface area contributed by atoms with Gasteiger partial charge in [0.15, 0.2) is 6.61 Å². The number of amides is 3. The summed E-state index contributed by atoms with van der Waals surface area (Å²) in [6.45, 7) is -0.596. The highest BCUT2D eigenvalue weighted by Crippen LogP contribution is 2.18. The molecule has 0 saturated heterocycles. The van der Waals surface area contributed by atoms with Gasteiger partial charge in [-0.3, -0.25) is 14.9 Å². The molecule has 0 bridgehead atoms. The third-order valence-corrected chi connectivity index (χ3v) is 2.99. The maximum absolute atomic E-state index is 11.5. The first-order valence-corrected chi connectivity index (χ1v) is 7.15. The van der Waals surface area contributed by atoms with Crippen LogP contribution >= 0.6 is 11.6 Å². The zero-order valence-electron chi connectivity index (χ0n) is 12.3. The van der Waals surface area contributed by atoms with Gasteiger partial charge in [0.25, 0.3) is 5.91 Å². The van der Waals surface area contributed by atoms with Crippen molar-refractivity contribution in [3.05, 3.63) is 35.2 Å². The Labute approximate surface area is 141 Å². The fourth-order valence-electron chi connectivity index (χ4n) is 1.67. The lowest BCUT2D eigenvalue weighted by molar-refractivity contribution is -0.148. The van der Waals surface area contributed by atoms with Crippen molar-refractivity contribution < 1.29 is 23.6 Å². The van der Waals surface area contributed by atoms with Crippen LogP contribution in [0.1, 0.15) is 12.3 Å². The first-order chi connectivity index (χ1) is 11.4. The molecule has 2 rings (SSSR count). The topological polar surface area (TPSA) is 137 Å². The summed E-state index contributed by atoms with van der Waals surface area (Å²) in [6.07, 6.45) is 0.0863. The first kappa shape index (κ1) is 17.4. The Balaban J connectivity index is 1.80. The lowest BCUT2D eigenvalue weighted by Crippen LogP contribution is -2.37. The highest BCUT2D eigenvalue weighted by Gasteiger charge is 2.13. The number of aryl methyl sites for hydroxylation is 1. The monoisotopic (exact) mass is 352 g/mol. The molecule has 0 radical (unpaired) electrons. The molecule has 0 fully saturated rings. The van der Waals surface area contributed by atoms with E-state index in [0.717, 1.165) is 5.56 Å². The molecule has 0 aliphatic carbocycles. The Bertz CT molecular complexity index is 744. The van der Waals surface area contributed by atoms with Crippen LogP contribution in [0.3, 0.4) is 0 Å². The van der Waals surface area contributed by atoms with E-state index in [0.29, 0.717) is 10.8 Å². The predicted molar refractivity (Wildman–Crippen MR) is 81.8 cm³/mol. The van der Waals surface area contributed by atoms with Crippen molar-refractivity contribution in [2.45, 2.75) is 12.8 Å². The van der Waals surface area contributed by atoms with Crippen molar-refractivity contribution in [3.63, 3.8) is 0 Å². The molecular formula is C14H13ClN4O5. The summed E-state index contributed by atoms with van der Waals surface area (Å²) >= 11 is 5.80. The molecule has 0 saturated carbocycles. The Hall–Kier alpha value is -2.94. The van der Waals surface area contributed by atoms with Crippen LogP contribution in [0.15, 0.2) is 28.8 Å². The van der Waals surface area contributed by atoms with Gasteiger partial charge < -0.3 is 15.0 Å². The van der Waals surface area contributed by atoms with Crippen LogP contribution in [0.25, 0.3) is 11.4 Å². The molecule has 0 aliphatic rings. The molecule has 1 aromatic heterocycles. The number of benzene rings is 1. The third kappa shape index (κ3) is 5.36. The molecule has 3 N–H and O–H groups in total. The second-order valence-corrected chi connectivity index (χ2v) is 5.03. The smallest absolute Gasteiger partial charge is 0.318 e. The number of hydrogen-bond donors (Lipinski definition) is 2. The maximum atomic E-state index is 11.5. The van der Waals surface area contributed by atoms with Gasteiger partial charge in [0.05, 0.1) is 6.42 Å². The van der Waals surface area contributed by atoms with E-state index in [1.807, 2.05) is 0 Å². The quantitative estimate of drug-likeness (QED) is 0.741. The van der Waals surface area contributed by atoms with Crippen LogP contribution in [0.2, 0.25) is 5.02 Å². The van der Waals surface area contributed by atoms with Crippen molar-refractivity contribution in [1.82, 2.24) is 15.5 Å². The molecule has 0 aliphatic heterocycles. The fourth-order valence-corrected chi connectivity index (χ4v) is 1.80. The van der Waals surface area contributed by atoms with Gasteiger partial charge in [0, 0.05) is 17.0 Å². The highest BCUT2D eigenvalue weighted by molar-refractivity contribution is 6.30. The molecule has 9 nitrogen and oxygen atoms in total. The number of primary amides is 1. The van der Waals surface area contributed by atoms with E-state index in [9.17, 15) is 14.4 Å². The lowest BCUT2D eigenvalue weighted by atomic mass is 10.2. The molecule has 1 aromatic carbocycles. The summed E-state index contributed by atoms with van der Waals surface area (Å²) in [5, 5.41) is 6.16. The average molecular weight is 353 g/mol. The van der Waals surface area contributed by atoms with Crippen LogP contribution in [-0.2, 0) is 20.7 Å². The second-order valence-electron chi connectivity index (χ2n) is 4.59. The first-order valence-electron chi connectivity index (χ1n) is 6.77.